The summed E-state index contributed by atoms with van der Waals surface area (Å²) in [6, 6.07) is 4.30. The Morgan fingerprint density at radius 2 is 1.94 bits per heavy atom. The molecular formula is C13H15F4N. The quantitative estimate of drug-likeness (QED) is 0.759. The van der Waals surface area contributed by atoms with Gasteiger partial charge in [0.05, 0.1) is 5.92 Å². The number of nitrogens with one attached hydrogen (secondary N) is 1. The fraction of sp³-hybridized carbons (Fsp3) is 0.538. The van der Waals surface area contributed by atoms with Crippen LogP contribution in [0.3, 0.4) is 0 Å². The summed E-state index contributed by atoms with van der Waals surface area (Å²) < 4.78 is 50.5. The predicted molar refractivity (Wildman–Crippen MR) is 60.7 cm³/mol. The zero-order valence-electron chi connectivity index (χ0n) is 10.0. The van der Waals surface area contributed by atoms with Crippen LogP contribution in [-0.2, 0) is 0 Å². The van der Waals surface area contributed by atoms with E-state index < -0.39 is 12.1 Å². The average molecular weight is 261 g/mol. The molecule has 0 radical (unpaired) electrons. The Morgan fingerprint density at radius 3 is 2.44 bits per heavy atom. The van der Waals surface area contributed by atoms with E-state index in [1.165, 1.54) is 12.1 Å². The van der Waals surface area contributed by atoms with Gasteiger partial charge in [-0.05, 0) is 43.0 Å². The van der Waals surface area contributed by atoms with Crippen LogP contribution in [0.15, 0.2) is 18.2 Å². The van der Waals surface area contributed by atoms with Crippen molar-refractivity contribution in [2.75, 3.05) is 6.54 Å². The average Bonchev–Trinajstić information content (AvgIpc) is 2.28. The minimum atomic E-state index is -4.13. The monoisotopic (exact) mass is 261 g/mol. The molecule has 18 heavy (non-hydrogen) atoms. The second kappa shape index (κ2) is 4.88. The van der Waals surface area contributed by atoms with E-state index in [0.717, 1.165) is 11.1 Å². The van der Waals surface area contributed by atoms with Crippen LogP contribution in [0.1, 0.15) is 30.0 Å². The van der Waals surface area contributed by atoms with Crippen LogP contribution in [-0.4, -0.2) is 12.7 Å². The highest BCUT2D eigenvalue weighted by Gasteiger charge is 2.41. The van der Waals surface area contributed by atoms with Crippen molar-refractivity contribution in [3.63, 3.8) is 0 Å². The van der Waals surface area contributed by atoms with E-state index in [1.54, 1.807) is 13.0 Å². The summed E-state index contributed by atoms with van der Waals surface area (Å²) in [4.78, 5) is 0. The van der Waals surface area contributed by atoms with Crippen molar-refractivity contribution < 1.29 is 17.6 Å². The van der Waals surface area contributed by atoms with Crippen molar-refractivity contribution in [3.05, 3.63) is 35.1 Å². The lowest BCUT2D eigenvalue weighted by molar-refractivity contribution is -0.179. The van der Waals surface area contributed by atoms with Crippen molar-refractivity contribution >= 4 is 0 Å². The maximum absolute atomic E-state index is 13.0. The highest BCUT2D eigenvalue weighted by molar-refractivity contribution is 5.29. The van der Waals surface area contributed by atoms with Crippen LogP contribution in [0, 0.1) is 18.7 Å². The molecule has 1 nitrogen and oxygen atoms in total. The Balaban J connectivity index is 2.06. The van der Waals surface area contributed by atoms with Crippen molar-refractivity contribution in [3.8, 4) is 0 Å². The summed E-state index contributed by atoms with van der Waals surface area (Å²) in [6.45, 7) is 1.71. The van der Waals surface area contributed by atoms with Crippen LogP contribution in [0.25, 0.3) is 0 Å². The molecule has 2 unspecified atom stereocenters. The number of halogens is 4. The second-order valence-electron chi connectivity index (χ2n) is 4.78. The van der Waals surface area contributed by atoms with Gasteiger partial charge in [-0.2, -0.15) is 13.2 Å². The van der Waals surface area contributed by atoms with Gasteiger partial charge in [-0.1, -0.05) is 6.07 Å². The number of alkyl halides is 3. The van der Waals surface area contributed by atoms with Crippen LogP contribution in [0.5, 0.6) is 0 Å². The van der Waals surface area contributed by atoms with Crippen molar-refractivity contribution in [2.24, 2.45) is 5.92 Å². The molecule has 1 aliphatic rings. The third kappa shape index (κ3) is 2.83. The van der Waals surface area contributed by atoms with Crippen LogP contribution < -0.4 is 5.32 Å². The molecule has 0 aromatic heterocycles. The lowest BCUT2D eigenvalue weighted by Gasteiger charge is -2.32. The minimum Gasteiger partial charge on any atom is -0.309 e. The van der Waals surface area contributed by atoms with Gasteiger partial charge in [0.2, 0.25) is 0 Å². The van der Waals surface area contributed by atoms with E-state index in [4.69, 9.17) is 0 Å². The number of rotatable bonds is 1. The lowest BCUT2D eigenvalue weighted by atomic mass is 9.89. The molecule has 1 fully saturated rings. The third-order valence-corrected chi connectivity index (χ3v) is 3.48. The molecule has 100 valence electrons. The molecule has 0 aliphatic carbocycles. The maximum atomic E-state index is 13.0. The van der Waals surface area contributed by atoms with Crippen molar-refractivity contribution in [1.82, 2.24) is 5.32 Å². The predicted octanol–water partition coefficient (Wildman–Crippen LogP) is 3.74. The van der Waals surface area contributed by atoms with Crippen LogP contribution in [0.4, 0.5) is 17.6 Å². The molecule has 2 rings (SSSR count). The molecule has 0 amide bonds. The van der Waals surface area contributed by atoms with E-state index in [2.05, 4.69) is 5.32 Å². The summed E-state index contributed by atoms with van der Waals surface area (Å²) in [6.07, 6.45) is -3.58. The number of benzene rings is 1. The van der Waals surface area contributed by atoms with E-state index in [1.807, 2.05) is 0 Å². The number of aryl methyl sites for hydroxylation is 1. The van der Waals surface area contributed by atoms with Gasteiger partial charge < -0.3 is 5.32 Å². The van der Waals surface area contributed by atoms with Gasteiger partial charge >= 0.3 is 6.18 Å². The molecular weight excluding hydrogens is 246 g/mol. The Hall–Kier alpha value is -1.10. The van der Waals surface area contributed by atoms with E-state index in [0.29, 0.717) is 6.42 Å². The first-order chi connectivity index (χ1) is 8.38. The van der Waals surface area contributed by atoms with E-state index in [9.17, 15) is 17.6 Å². The van der Waals surface area contributed by atoms with E-state index in [-0.39, 0.29) is 24.8 Å². The Labute approximate surface area is 103 Å². The van der Waals surface area contributed by atoms with Gasteiger partial charge in [-0.3, -0.25) is 0 Å². The van der Waals surface area contributed by atoms with Gasteiger partial charge in [0, 0.05) is 12.6 Å². The smallest absolute Gasteiger partial charge is 0.309 e. The second-order valence-corrected chi connectivity index (χ2v) is 4.78. The fourth-order valence-corrected chi connectivity index (χ4v) is 2.43. The first-order valence-electron chi connectivity index (χ1n) is 5.94. The summed E-state index contributed by atoms with van der Waals surface area (Å²) in [7, 11) is 0. The summed E-state index contributed by atoms with van der Waals surface area (Å²) in [5.41, 5.74) is 1.66. The maximum Gasteiger partial charge on any atom is 0.393 e. The first kappa shape index (κ1) is 13.3. The molecule has 1 aromatic rings. The standard InChI is InChI=1S/C13H15F4N/c1-8-6-10(14)3-4-11(8)12-5-2-9(7-18-12)13(15,16)17/h3-4,6,9,12,18H,2,5,7H2,1H3. The van der Waals surface area contributed by atoms with Gasteiger partial charge in [0.25, 0.3) is 0 Å². The zero-order chi connectivity index (χ0) is 13.3. The highest BCUT2D eigenvalue weighted by Crippen LogP contribution is 2.36. The van der Waals surface area contributed by atoms with E-state index >= 15 is 0 Å². The van der Waals surface area contributed by atoms with Gasteiger partial charge in [0.1, 0.15) is 5.82 Å². The molecule has 0 bridgehead atoms. The molecule has 1 saturated heterocycles. The molecule has 2 atom stereocenters. The highest BCUT2D eigenvalue weighted by atomic mass is 19.4. The topological polar surface area (TPSA) is 12.0 Å². The normalized spacial score (nSPS) is 25.2. The molecule has 1 aromatic carbocycles. The third-order valence-electron chi connectivity index (χ3n) is 3.48. The van der Waals surface area contributed by atoms with Crippen molar-refractivity contribution in [1.29, 1.82) is 0 Å². The molecule has 0 saturated carbocycles. The largest absolute Gasteiger partial charge is 0.393 e. The molecule has 1 N–H and O–H groups in total. The SMILES string of the molecule is Cc1cc(F)ccc1C1CCC(C(F)(F)F)CN1. The van der Waals surface area contributed by atoms with Crippen LogP contribution in [0.2, 0.25) is 0 Å². The molecule has 1 heterocycles. The summed E-state index contributed by atoms with van der Waals surface area (Å²) >= 11 is 0. The number of hydrogen-bond acceptors (Lipinski definition) is 1. The van der Waals surface area contributed by atoms with Gasteiger partial charge in [-0.25, -0.2) is 4.39 Å². The summed E-state index contributed by atoms with van der Waals surface area (Å²) in [5.74, 6) is -1.59. The zero-order valence-corrected chi connectivity index (χ0v) is 10.0. The molecule has 0 spiro atoms. The number of piperidine rings is 1. The van der Waals surface area contributed by atoms with Crippen LogP contribution >= 0.6 is 0 Å². The number of hydrogen-bond donors (Lipinski definition) is 1. The molecule has 1 aliphatic heterocycles. The Morgan fingerprint density at radius 1 is 1.22 bits per heavy atom. The molecule has 5 heteroatoms. The first-order valence-corrected chi connectivity index (χ1v) is 5.94. The van der Waals surface area contributed by atoms with Gasteiger partial charge in [0.15, 0.2) is 0 Å². The van der Waals surface area contributed by atoms with Gasteiger partial charge in [-0.15, -0.1) is 0 Å². The lowest BCUT2D eigenvalue weighted by Crippen LogP contribution is -2.40. The fourth-order valence-electron chi connectivity index (χ4n) is 2.43. The minimum absolute atomic E-state index is 0.0645. The Bertz CT molecular complexity index is 419. The van der Waals surface area contributed by atoms with Crippen molar-refractivity contribution in [2.45, 2.75) is 32.0 Å². The summed E-state index contributed by atoms with van der Waals surface area (Å²) in [5, 5.41) is 2.91. The Kier molecular flexibility index (Phi) is 3.61.